The Morgan fingerprint density at radius 2 is 2.03 bits per heavy atom. The number of nitrogens with zero attached hydrogens (tertiary/aromatic N) is 4. The van der Waals surface area contributed by atoms with Gasteiger partial charge in [0.1, 0.15) is 11.6 Å². The van der Waals surface area contributed by atoms with Crippen molar-refractivity contribution < 1.29 is 14.0 Å². The standard InChI is InChI=1S/C26H22FN5O2/c1-2-25(33)31-12-9-18(15-31)20-14-23(32-16-28-11-8-22(20)32)17-6-7-19(21(27)13-17)26(34)30-24-5-3-4-10-29-24/h2-8,10-11,13-14,16,18H,1,9,12,15H2,(H,29,30,34). The zero-order valence-corrected chi connectivity index (χ0v) is 18.3. The van der Waals surface area contributed by atoms with Crippen molar-refractivity contribution in [2.24, 2.45) is 0 Å². The molecule has 1 atom stereocenters. The van der Waals surface area contributed by atoms with E-state index in [4.69, 9.17) is 0 Å². The van der Waals surface area contributed by atoms with E-state index in [2.05, 4.69) is 21.9 Å². The van der Waals surface area contributed by atoms with Crippen LogP contribution in [0.5, 0.6) is 0 Å². The number of amides is 2. The first-order valence-corrected chi connectivity index (χ1v) is 10.9. The lowest BCUT2D eigenvalue weighted by Gasteiger charge is -2.13. The van der Waals surface area contributed by atoms with Gasteiger partial charge in [0, 0.05) is 37.0 Å². The van der Waals surface area contributed by atoms with Gasteiger partial charge in [-0.1, -0.05) is 18.7 Å². The number of halogens is 1. The van der Waals surface area contributed by atoms with Crippen LogP contribution in [0.15, 0.2) is 79.9 Å². The smallest absolute Gasteiger partial charge is 0.259 e. The molecular weight excluding hydrogens is 433 g/mol. The van der Waals surface area contributed by atoms with Gasteiger partial charge >= 0.3 is 0 Å². The van der Waals surface area contributed by atoms with Crippen LogP contribution < -0.4 is 5.32 Å². The van der Waals surface area contributed by atoms with Crippen LogP contribution in [0.25, 0.3) is 16.8 Å². The number of benzene rings is 1. The minimum absolute atomic E-state index is 0.0667. The molecule has 1 aliphatic heterocycles. The van der Waals surface area contributed by atoms with Gasteiger partial charge in [-0.2, -0.15) is 0 Å². The monoisotopic (exact) mass is 455 g/mol. The average Bonchev–Trinajstić information content (AvgIpc) is 3.49. The quantitative estimate of drug-likeness (QED) is 0.456. The largest absolute Gasteiger partial charge is 0.339 e. The van der Waals surface area contributed by atoms with E-state index in [1.807, 2.05) is 16.5 Å². The van der Waals surface area contributed by atoms with Crippen molar-refractivity contribution in [1.29, 1.82) is 0 Å². The predicted octanol–water partition coefficient (Wildman–Crippen LogP) is 4.29. The molecule has 34 heavy (non-hydrogen) atoms. The summed E-state index contributed by atoms with van der Waals surface area (Å²) in [6.07, 6.45) is 7.13. The number of carbonyl (C=O) groups excluding carboxylic acids is 2. The number of anilines is 1. The summed E-state index contributed by atoms with van der Waals surface area (Å²) < 4.78 is 16.9. The van der Waals surface area contributed by atoms with Gasteiger partial charge in [-0.3, -0.25) is 9.59 Å². The highest BCUT2D eigenvalue weighted by Gasteiger charge is 2.29. The van der Waals surface area contributed by atoms with Crippen molar-refractivity contribution in [2.45, 2.75) is 12.3 Å². The Morgan fingerprint density at radius 3 is 2.79 bits per heavy atom. The first-order chi connectivity index (χ1) is 16.5. The van der Waals surface area contributed by atoms with Crippen molar-refractivity contribution >= 4 is 23.1 Å². The second kappa shape index (κ2) is 8.90. The van der Waals surface area contributed by atoms with Crippen LogP contribution in [0.2, 0.25) is 0 Å². The third-order valence-electron chi connectivity index (χ3n) is 6.14. The minimum Gasteiger partial charge on any atom is -0.339 e. The average molecular weight is 455 g/mol. The van der Waals surface area contributed by atoms with Crippen LogP contribution >= 0.6 is 0 Å². The summed E-state index contributed by atoms with van der Waals surface area (Å²) in [5.74, 6) is -0.763. The van der Waals surface area contributed by atoms with Crippen molar-refractivity contribution in [2.75, 3.05) is 18.4 Å². The summed E-state index contributed by atoms with van der Waals surface area (Å²) in [7, 11) is 0. The number of carbonyl (C=O) groups is 2. The molecule has 0 bridgehead atoms. The summed E-state index contributed by atoms with van der Waals surface area (Å²) in [5.41, 5.74) is 3.36. The molecule has 5 rings (SSSR count). The van der Waals surface area contributed by atoms with E-state index < -0.39 is 11.7 Å². The maximum atomic E-state index is 15.0. The highest BCUT2D eigenvalue weighted by Crippen LogP contribution is 2.35. The maximum Gasteiger partial charge on any atom is 0.259 e. The molecule has 0 radical (unpaired) electrons. The molecule has 7 nitrogen and oxygen atoms in total. The molecular formula is C26H22FN5O2. The van der Waals surface area contributed by atoms with E-state index in [-0.39, 0.29) is 17.4 Å². The molecule has 4 aromatic rings. The van der Waals surface area contributed by atoms with Crippen molar-refractivity contribution in [3.63, 3.8) is 0 Å². The summed E-state index contributed by atoms with van der Waals surface area (Å²) in [6, 6.07) is 13.6. The molecule has 3 aromatic heterocycles. The highest BCUT2D eigenvalue weighted by molar-refractivity contribution is 6.04. The zero-order valence-electron chi connectivity index (χ0n) is 18.3. The normalized spacial score (nSPS) is 15.4. The molecule has 1 saturated heterocycles. The highest BCUT2D eigenvalue weighted by atomic mass is 19.1. The van der Waals surface area contributed by atoms with Gasteiger partial charge in [0.05, 0.1) is 23.1 Å². The van der Waals surface area contributed by atoms with Crippen LogP contribution in [0.1, 0.15) is 28.3 Å². The number of fused-ring (bicyclic) bond motifs is 1. The Labute approximate surface area is 195 Å². The molecule has 1 aliphatic rings. The first kappa shape index (κ1) is 21.5. The van der Waals surface area contributed by atoms with Crippen molar-refractivity contribution in [1.82, 2.24) is 19.3 Å². The zero-order chi connectivity index (χ0) is 23.7. The van der Waals surface area contributed by atoms with Gasteiger partial charge in [-0.05, 0) is 54.5 Å². The lowest BCUT2D eigenvalue weighted by Crippen LogP contribution is -2.26. The number of nitrogens with one attached hydrogen (secondary N) is 1. The summed E-state index contributed by atoms with van der Waals surface area (Å²) >= 11 is 0. The van der Waals surface area contributed by atoms with E-state index in [0.29, 0.717) is 24.5 Å². The third-order valence-corrected chi connectivity index (χ3v) is 6.14. The molecule has 0 aliphatic carbocycles. The number of likely N-dealkylation sites (tertiary alicyclic amines) is 1. The number of aromatic nitrogens is 3. The molecule has 8 heteroatoms. The van der Waals surface area contributed by atoms with E-state index in [1.54, 1.807) is 47.9 Å². The van der Waals surface area contributed by atoms with E-state index in [1.165, 1.54) is 18.2 Å². The molecule has 1 unspecified atom stereocenters. The van der Waals surface area contributed by atoms with Crippen LogP contribution in [-0.4, -0.2) is 44.2 Å². The molecule has 170 valence electrons. The SMILES string of the molecule is C=CC(=O)N1CCC(c2cc(-c3ccc(C(=O)Nc4ccccn4)c(F)c3)n3cnccc23)C1. The molecule has 0 saturated carbocycles. The molecule has 2 amide bonds. The van der Waals surface area contributed by atoms with Crippen LogP contribution in [-0.2, 0) is 4.79 Å². The molecule has 4 heterocycles. The summed E-state index contributed by atoms with van der Waals surface area (Å²) in [4.78, 5) is 34.6. The molecule has 0 spiro atoms. The van der Waals surface area contributed by atoms with Gasteiger partial charge in [0.2, 0.25) is 5.91 Å². The second-order valence-electron chi connectivity index (χ2n) is 8.16. The minimum atomic E-state index is -0.630. The number of hydrogen-bond donors (Lipinski definition) is 1. The number of pyridine rings is 1. The molecule has 1 fully saturated rings. The topological polar surface area (TPSA) is 79.6 Å². The van der Waals surface area contributed by atoms with Crippen LogP contribution in [0, 0.1) is 5.82 Å². The fraction of sp³-hybridized carbons (Fsp3) is 0.154. The maximum absolute atomic E-state index is 15.0. The van der Waals surface area contributed by atoms with Crippen molar-refractivity contribution in [3.05, 3.63) is 96.9 Å². The fourth-order valence-corrected chi connectivity index (χ4v) is 4.45. The lowest BCUT2D eigenvalue weighted by atomic mass is 9.98. The van der Waals surface area contributed by atoms with Gasteiger partial charge in [0.15, 0.2) is 0 Å². The third kappa shape index (κ3) is 3.94. The van der Waals surface area contributed by atoms with E-state index in [9.17, 15) is 9.59 Å². The van der Waals surface area contributed by atoms with Gasteiger partial charge in [0.25, 0.3) is 5.91 Å². The number of rotatable bonds is 5. The van der Waals surface area contributed by atoms with Crippen LogP contribution in [0.3, 0.4) is 0 Å². The lowest BCUT2D eigenvalue weighted by molar-refractivity contribution is -0.125. The molecule has 1 aromatic carbocycles. The predicted molar refractivity (Wildman–Crippen MR) is 127 cm³/mol. The molecule has 1 N–H and O–H groups in total. The fourth-order valence-electron chi connectivity index (χ4n) is 4.45. The Hall–Kier alpha value is -4.33. The Morgan fingerprint density at radius 1 is 1.15 bits per heavy atom. The Bertz CT molecular complexity index is 1400. The van der Waals surface area contributed by atoms with Gasteiger partial charge < -0.3 is 14.6 Å². The van der Waals surface area contributed by atoms with E-state index >= 15 is 4.39 Å². The van der Waals surface area contributed by atoms with Gasteiger partial charge in [-0.25, -0.2) is 14.4 Å². The van der Waals surface area contributed by atoms with Gasteiger partial charge in [-0.15, -0.1) is 0 Å². The van der Waals surface area contributed by atoms with Crippen molar-refractivity contribution in [3.8, 4) is 11.3 Å². The second-order valence-corrected chi connectivity index (χ2v) is 8.16. The number of hydrogen-bond acceptors (Lipinski definition) is 4. The summed E-state index contributed by atoms with van der Waals surface area (Å²) in [6.45, 7) is 4.85. The first-order valence-electron chi connectivity index (χ1n) is 10.9. The Balaban J connectivity index is 1.47. The van der Waals surface area contributed by atoms with E-state index in [0.717, 1.165) is 23.2 Å². The van der Waals surface area contributed by atoms with Crippen LogP contribution in [0.4, 0.5) is 10.2 Å². The summed E-state index contributed by atoms with van der Waals surface area (Å²) in [5, 5.41) is 2.60. The Kier molecular flexibility index (Phi) is 5.63.